The van der Waals surface area contributed by atoms with Gasteiger partial charge in [-0.1, -0.05) is 32.9 Å². The lowest BCUT2D eigenvalue weighted by molar-refractivity contribution is -0.138. The van der Waals surface area contributed by atoms with E-state index in [2.05, 4.69) is 0 Å². The molecule has 0 amide bonds. The van der Waals surface area contributed by atoms with Crippen molar-refractivity contribution in [3.05, 3.63) is 29.3 Å². The zero-order valence-corrected chi connectivity index (χ0v) is 10.4. The normalized spacial score (nSPS) is 13.4. The van der Waals surface area contributed by atoms with Crippen LogP contribution in [-0.4, -0.2) is 22.2 Å². The number of phenolic OH excluding ortho intramolecular Hbond substituents is 1. The van der Waals surface area contributed by atoms with Crippen LogP contribution >= 0.6 is 0 Å². The van der Waals surface area contributed by atoms with E-state index in [9.17, 15) is 9.90 Å². The second-order valence-corrected chi connectivity index (χ2v) is 5.24. The molecule has 0 radical (unpaired) electrons. The number of carbonyl (C=O) groups is 1. The predicted octanol–water partition coefficient (Wildman–Crippen LogP) is 1.64. The number of benzene rings is 1. The average molecular weight is 237 g/mol. The van der Waals surface area contributed by atoms with E-state index in [1.807, 2.05) is 26.8 Å². The van der Waals surface area contributed by atoms with Crippen molar-refractivity contribution in [2.45, 2.75) is 38.6 Å². The number of aromatic hydroxyl groups is 1. The topological polar surface area (TPSA) is 83.6 Å². The van der Waals surface area contributed by atoms with Gasteiger partial charge in [0.25, 0.3) is 0 Å². The Morgan fingerprint density at radius 3 is 2.41 bits per heavy atom. The molecule has 94 valence electrons. The summed E-state index contributed by atoms with van der Waals surface area (Å²) in [6, 6.07) is 4.31. The van der Waals surface area contributed by atoms with Gasteiger partial charge in [-0.3, -0.25) is 4.79 Å². The number of nitrogens with two attached hydrogens (primary N) is 1. The van der Waals surface area contributed by atoms with E-state index in [1.54, 1.807) is 12.1 Å². The number of carboxylic acid groups (broad SMARTS) is 1. The van der Waals surface area contributed by atoms with Crippen molar-refractivity contribution in [3.8, 4) is 5.75 Å². The molecule has 0 aliphatic rings. The van der Waals surface area contributed by atoms with E-state index in [4.69, 9.17) is 10.8 Å². The Labute approximate surface area is 101 Å². The zero-order valence-electron chi connectivity index (χ0n) is 10.4. The molecule has 0 saturated heterocycles. The minimum Gasteiger partial charge on any atom is -0.508 e. The summed E-state index contributed by atoms with van der Waals surface area (Å²) in [5.41, 5.74) is 6.95. The summed E-state index contributed by atoms with van der Waals surface area (Å²) in [5, 5.41) is 18.5. The number of aliphatic carboxylic acids is 1. The van der Waals surface area contributed by atoms with Crippen LogP contribution in [0.3, 0.4) is 0 Å². The molecule has 1 unspecified atom stereocenters. The maximum absolute atomic E-state index is 10.6. The molecule has 0 fully saturated rings. The van der Waals surface area contributed by atoms with E-state index >= 15 is 0 Å². The van der Waals surface area contributed by atoms with Crippen LogP contribution in [0.4, 0.5) is 0 Å². The molecule has 1 atom stereocenters. The number of rotatable bonds is 3. The van der Waals surface area contributed by atoms with Gasteiger partial charge < -0.3 is 15.9 Å². The maximum atomic E-state index is 10.6. The first kappa shape index (κ1) is 13.5. The fraction of sp³-hybridized carbons (Fsp3) is 0.462. The van der Waals surface area contributed by atoms with Crippen molar-refractivity contribution < 1.29 is 15.0 Å². The van der Waals surface area contributed by atoms with Crippen molar-refractivity contribution in [2.24, 2.45) is 5.73 Å². The first-order chi connectivity index (χ1) is 7.71. The first-order valence-corrected chi connectivity index (χ1v) is 5.52. The summed E-state index contributed by atoms with van der Waals surface area (Å²) in [6.45, 7) is 6.14. The second-order valence-electron chi connectivity index (χ2n) is 5.24. The van der Waals surface area contributed by atoms with Crippen LogP contribution < -0.4 is 5.73 Å². The second kappa shape index (κ2) is 4.75. The molecular formula is C13H19NO3. The van der Waals surface area contributed by atoms with Crippen LogP contribution in [0.15, 0.2) is 18.2 Å². The van der Waals surface area contributed by atoms with E-state index in [-0.39, 0.29) is 17.6 Å². The van der Waals surface area contributed by atoms with Crippen molar-refractivity contribution in [2.75, 3.05) is 0 Å². The number of phenols is 1. The van der Waals surface area contributed by atoms with Crippen LogP contribution in [0.2, 0.25) is 0 Å². The lowest BCUT2D eigenvalue weighted by atomic mass is 9.86. The van der Waals surface area contributed by atoms with Crippen molar-refractivity contribution in [3.63, 3.8) is 0 Å². The van der Waals surface area contributed by atoms with Gasteiger partial charge >= 0.3 is 5.97 Å². The highest BCUT2D eigenvalue weighted by Gasteiger charge is 2.18. The highest BCUT2D eigenvalue weighted by atomic mass is 16.4. The zero-order chi connectivity index (χ0) is 13.2. The van der Waals surface area contributed by atoms with Crippen LogP contribution in [0.5, 0.6) is 5.75 Å². The van der Waals surface area contributed by atoms with Gasteiger partial charge in [0.2, 0.25) is 0 Å². The van der Waals surface area contributed by atoms with E-state index in [0.717, 1.165) is 5.56 Å². The summed E-state index contributed by atoms with van der Waals surface area (Å²) >= 11 is 0. The fourth-order valence-electron chi connectivity index (χ4n) is 1.53. The fourth-order valence-corrected chi connectivity index (χ4v) is 1.53. The van der Waals surface area contributed by atoms with Crippen LogP contribution in [0, 0.1) is 0 Å². The Bertz CT molecular complexity index is 421. The summed E-state index contributed by atoms with van der Waals surface area (Å²) < 4.78 is 0. The molecule has 0 bridgehead atoms. The number of carboxylic acids is 1. The van der Waals surface area contributed by atoms with Crippen LogP contribution in [-0.2, 0) is 16.6 Å². The Morgan fingerprint density at radius 2 is 2.00 bits per heavy atom. The Balaban J connectivity index is 2.95. The van der Waals surface area contributed by atoms with Crippen molar-refractivity contribution >= 4 is 5.97 Å². The maximum Gasteiger partial charge on any atom is 0.320 e. The van der Waals surface area contributed by atoms with Gasteiger partial charge in [-0.25, -0.2) is 0 Å². The third-order valence-electron chi connectivity index (χ3n) is 2.71. The van der Waals surface area contributed by atoms with Gasteiger partial charge in [-0.15, -0.1) is 0 Å². The molecular weight excluding hydrogens is 218 g/mol. The Kier molecular flexibility index (Phi) is 3.78. The summed E-state index contributed by atoms with van der Waals surface area (Å²) in [4.78, 5) is 10.6. The molecule has 17 heavy (non-hydrogen) atoms. The summed E-state index contributed by atoms with van der Waals surface area (Å²) in [6.07, 6.45) is 0.131. The van der Waals surface area contributed by atoms with Gasteiger partial charge in [-0.2, -0.15) is 0 Å². The first-order valence-electron chi connectivity index (χ1n) is 5.52. The summed E-state index contributed by atoms with van der Waals surface area (Å²) in [5.74, 6) is -0.960. The molecule has 4 heteroatoms. The van der Waals surface area contributed by atoms with Gasteiger partial charge in [0, 0.05) is 6.42 Å². The monoisotopic (exact) mass is 237 g/mol. The number of hydrogen-bond donors (Lipinski definition) is 3. The molecule has 1 aromatic carbocycles. The van der Waals surface area contributed by atoms with Gasteiger partial charge in [-0.05, 0) is 22.6 Å². The highest BCUT2D eigenvalue weighted by molar-refractivity contribution is 5.73. The van der Waals surface area contributed by atoms with Crippen molar-refractivity contribution in [1.82, 2.24) is 0 Å². The molecule has 0 saturated carbocycles. The number of hydrogen-bond acceptors (Lipinski definition) is 3. The quantitative estimate of drug-likeness (QED) is 0.746. The molecule has 1 aromatic rings. The highest BCUT2D eigenvalue weighted by Crippen LogP contribution is 2.28. The minimum absolute atomic E-state index is 0.0507. The Hall–Kier alpha value is -1.55. The van der Waals surface area contributed by atoms with Gasteiger partial charge in [0.05, 0.1) is 0 Å². The molecule has 0 aliphatic carbocycles. The third kappa shape index (κ3) is 3.46. The SMILES string of the molecule is CC(C)(C)c1ccc(CC(N)C(=O)O)c(O)c1. The molecule has 0 heterocycles. The lowest BCUT2D eigenvalue weighted by Gasteiger charge is -2.20. The van der Waals surface area contributed by atoms with E-state index in [0.29, 0.717) is 5.56 Å². The van der Waals surface area contributed by atoms with Gasteiger partial charge in [0.15, 0.2) is 0 Å². The standard InChI is InChI=1S/C13H19NO3/c1-13(2,3)9-5-4-8(11(15)7-9)6-10(14)12(16)17/h4-5,7,10,15H,6,14H2,1-3H3,(H,16,17). The predicted molar refractivity (Wildman–Crippen MR) is 66.1 cm³/mol. The van der Waals surface area contributed by atoms with E-state index in [1.165, 1.54) is 0 Å². The molecule has 4 nitrogen and oxygen atoms in total. The molecule has 0 aromatic heterocycles. The Morgan fingerprint density at radius 1 is 1.41 bits per heavy atom. The summed E-state index contributed by atoms with van der Waals surface area (Å²) in [7, 11) is 0. The molecule has 1 rings (SSSR count). The van der Waals surface area contributed by atoms with Crippen LogP contribution in [0.25, 0.3) is 0 Å². The average Bonchev–Trinajstić information content (AvgIpc) is 2.19. The van der Waals surface area contributed by atoms with E-state index < -0.39 is 12.0 Å². The molecule has 0 aliphatic heterocycles. The minimum atomic E-state index is -1.07. The molecule has 0 spiro atoms. The third-order valence-corrected chi connectivity index (χ3v) is 2.71. The smallest absolute Gasteiger partial charge is 0.320 e. The molecule has 4 N–H and O–H groups in total. The van der Waals surface area contributed by atoms with Gasteiger partial charge in [0.1, 0.15) is 11.8 Å². The van der Waals surface area contributed by atoms with Crippen LogP contribution in [0.1, 0.15) is 31.9 Å². The lowest BCUT2D eigenvalue weighted by Crippen LogP contribution is -2.32. The largest absolute Gasteiger partial charge is 0.508 e. The van der Waals surface area contributed by atoms with Crippen molar-refractivity contribution in [1.29, 1.82) is 0 Å².